The lowest BCUT2D eigenvalue weighted by atomic mass is 10.2. The number of aryl methyl sites for hydroxylation is 1. The molecule has 112 valence electrons. The summed E-state index contributed by atoms with van der Waals surface area (Å²) in [4.78, 5) is 7.00. The van der Waals surface area contributed by atoms with Crippen LogP contribution in [0, 0.1) is 6.92 Å². The Morgan fingerprint density at radius 1 is 1.25 bits per heavy atom. The quantitative estimate of drug-likeness (QED) is 0.481. The normalized spacial score (nSPS) is 14.1. The van der Waals surface area contributed by atoms with Gasteiger partial charge in [0.15, 0.2) is 0 Å². The molecule has 0 aliphatic carbocycles. The van der Waals surface area contributed by atoms with Gasteiger partial charge in [-0.05, 0) is 32.4 Å². The van der Waals surface area contributed by atoms with Crippen molar-refractivity contribution in [2.45, 2.75) is 51.5 Å². The van der Waals surface area contributed by atoms with Crippen molar-refractivity contribution >= 4 is 15.9 Å². The average molecular weight is 297 g/mol. The van der Waals surface area contributed by atoms with Gasteiger partial charge in [-0.3, -0.25) is 10.4 Å². The standard InChI is InChI=1S/C14H23N3O2S/c1-5-12(4)15-14(6-2)16-17-20(18,19)13-9-7-11(3)8-10-13/h7-10,12,17H,5-6H2,1-4H3,(H,15,16). The molecule has 0 aliphatic heterocycles. The maximum atomic E-state index is 12.1. The first-order chi connectivity index (χ1) is 9.39. The Balaban J connectivity index is 2.76. The van der Waals surface area contributed by atoms with Crippen molar-refractivity contribution in [2.75, 3.05) is 0 Å². The van der Waals surface area contributed by atoms with Crippen LogP contribution in [0.2, 0.25) is 0 Å². The molecule has 1 aromatic rings. The molecule has 0 aromatic heterocycles. The fourth-order valence-electron chi connectivity index (χ4n) is 1.47. The van der Waals surface area contributed by atoms with E-state index in [4.69, 9.17) is 0 Å². The van der Waals surface area contributed by atoms with Gasteiger partial charge in [0.25, 0.3) is 10.0 Å². The van der Waals surface area contributed by atoms with Crippen molar-refractivity contribution in [2.24, 2.45) is 4.99 Å². The van der Waals surface area contributed by atoms with Gasteiger partial charge in [-0.25, -0.2) is 8.42 Å². The highest BCUT2D eigenvalue weighted by Crippen LogP contribution is 2.09. The molecule has 1 rings (SSSR count). The third-order valence-corrected chi connectivity index (χ3v) is 4.23. The third kappa shape index (κ3) is 4.94. The Labute approximate surface area is 121 Å². The summed E-state index contributed by atoms with van der Waals surface area (Å²) in [6.07, 6.45) is 1.55. The minimum absolute atomic E-state index is 0.168. The zero-order chi connectivity index (χ0) is 15.2. The number of sulfonamides is 1. The number of aliphatic imine (C=N–C) groups is 1. The molecule has 1 atom stereocenters. The SMILES string of the molecule is CCC(=NC(C)CC)NNS(=O)(=O)c1ccc(C)cc1. The van der Waals surface area contributed by atoms with Gasteiger partial charge in [-0.15, -0.1) is 4.83 Å². The summed E-state index contributed by atoms with van der Waals surface area (Å²) >= 11 is 0. The lowest BCUT2D eigenvalue weighted by Gasteiger charge is -2.12. The number of rotatable bonds is 6. The number of hydrazine groups is 1. The monoisotopic (exact) mass is 297 g/mol. The van der Waals surface area contributed by atoms with Crippen LogP contribution in [-0.4, -0.2) is 20.3 Å². The second-order valence-electron chi connectivity index (χ2n) is 4.73. The van der Waals surface area contributed by atoms with E-state index in [2.05, 4.69) is 15.2 Å². The minimum atomic E-state index is -3.57. The van der Waals surface area contributed by atoms with E-state index in [1.165, 1.54) is 0 Å². The zero-order valence-electron chi connectivity index (χ0n) is 12.5. The first-order valence-corrected chi connectivity index (χ1v) is 8.28. The maximum absolute atomic E-state index is 12.1. The number of amidine groups is 1. The van der Waals surface area contributed by atoms with Crippen LogP contribution < -0.4 is 10.3 Å². The van der Waals surface area contributed by atoms with Crippen LogP contribution in [0.15, 0.2) is 34.2 Å². The van der Waals surface area contributed by atoms with Gasteiger partial charge in [0.1, 0.15) is 5.84 Å². The summed E-state index contributed by atoms with van der Waals surface area (Å²) in [5.74, 6) is 0.634. The fourth-order valence-corrected chi connectivity index (χ4v) is 2.34. The molecule has 0 amide bonds. The largest absolute Gasteiger partial charge is 0.296 e. The topological polar surface area (TPSA) is 70.6 Å². The molecule has 0 heterocycles. The summed E-state index contributed by atoms with van der Waals surface area (Å²) in [6.45, 7) is 7.87. The highest BCUT2D eigenvalue weighted by atomic mass is 32.2. The molecule has 0 saturated carbocycles. The number of benzene rings is 1. The molecule has 0 aliphatic rings. The van der Waals surface area contributed by atoms with E-state index in [0.29, 0.717) is 12.3 Å². The summed E-state index contributed by atoms with van der Waals surface area (Å²) in [6, 6.07) is 6.86. The van der Waals surface area contributed by atoms with Crippen molar-refractivity contribution in [3.8, 4) is 0 Å². The van der Waals surface area contributed by atoms with Gasteiger partial charge >= 0.3 is 0 Å². The molecule has 5 nitrogen and oxygen atoms in total. The first kappa shape index (κ1) is 16.7. The van der Waals surface area contributed by atoms with Gasteiger partial charge in [0.05, 0.1) is 4.90 Å². The van der Waals surface area contributed by atoms with E-state index in [-0.39, 0.29) is 10.9 Å². The van der Waals surface area contributed by atoms with Crippen LogP contribution >= 0.6 is 0 Å². The molecule has 0 fully saturated rings. The van der Waals surface area contributed by atoms with Gasteiger partial charge < -0.3 is 0 Å². The number of nitrogens with zero attached hydrogens (tertiary/aromatic N) is 1. The molecular formula is C14H23N3O2S. The van der Waals surface area contributed by atoms with Gasteiger partial charge in [0, 0.05) is 12.5 Å². The van der Waals surface area contributed by atoms with Crippen molar-refractivity contribution in [3.05, 3.63) is 29.8 Å². The summed E-state index contributed by atoms with van der Waals surface area (Å²) in [5, 5.41) is 0. The maximum Gasteiger partial charge on any atom is 0.257 e. The second-order valence-corrected chi connectivity index (χ2v) is 6.41. The van der Waals surface area contributed by atoms with Gasteiger partial charge in [-0.1, -0.05) is 31.5 Å². The highest BCUT2D eigenvalue weighted by Gasteiger charge is 2.13. The Morgan fingerprint density at radius 3 is 2.35 bits per heavy atom. The minimum Gasteiger partial charge on any atom is -0.296 e. The molecule has 0 saturated heterocycles. The molecule has 1 aromatic carbocycles. The molecule has 0 spiro atoms. The first-order valence-electron chi connectivity index (χ1n) is 6.80. The van der Waals surface area contributed by atoms with E-state index >= 15 is 0 Å². The van der Waals surface area contributed by atoms with E-state index in [1.807, 2.05) is 27.7 Å². The smallest absolute Gasteiger partial charge is 0.257 e. The average Bonchev–Trinajstić information content (AvgIpc) is 2.43. The third-order valence-electron chi connectivity index (χ3n) is 2.96. The molecule has 0 bridgehead atoms. The molecular weight excluding hydrogens is 274 g/mol. The number of hydrogen-bond acceptors (Lipinski definition) is 3. The van der Waals surface area contributed by atoms with E-state index in [1.54, 1.807) is 24.3 Å². The lowest BCUT2D eigenvalue weighted by molar-refractivity contribution is 0.575. The van der Waals surface area contributed by atoms with E-state index in [9.17, 15) is 8.42 Å². The van der Waals surface area contributed by atoms with Crippen LogP contribution in [0.25, 0.3) is 0 Å². The van der Waals surface area contributed by atoms with Crippen LogP contribution in [0.1, 0.15) is 39.2 Å². The van der Waals surface area contributed by atoms with E-state index in [0.717, 1.165) is 12.0 Å². The highest BCUT2D eigenvalue weighted by molar-refractivity contribution is 7.89. The van der Waals surface area contributed by atoms with Crippen molar-refractivity contribution in [1.82, 2.24) is 10.3 Å². The summed E-state index contributed by atoms with van der Waals surface area (Å²) in [5.41, 5.74) is 3.72. The Hall–Kier alpha value is -1.40. The Bertz CT molecular complexity index is 550. The van der Waals surface area contributed by atoms with Crippen molar-refractivity contribution < 1.29 is 8.42 Å². The Morgan fingerprint density at radius 2 is 1.85 bits per heavy atom. The molecule has 6 heteroatoms. The zero-order valence-corrected chi connectivity index (χ0v) is 13.3. The lowest BCUT2D eigenvalue weighted by Crippen LogP contribution is -2.41. The van der Waals surface area contributed by atoms with Crippen LogP contribution in [0.3, 0.4) is 0 Å². The molecule has 2 N–H and O–H groups in total. The predicted octanol–water partition coefficient (Wildman–Crippen LogP) is 2.38. The summed E-state index contributed by atoms with van der Waals surface area (Å²) < 4.78 is 24.2. The van der Waals surface area contributed by atoms with Gasteiger partial charge in [-0.2, -0.15) is 0 Å². The predicted molar refractivity (Wildman–Crippen MR) is 82.1 cm³/mol. The molecule has 1 unspecified atom stereocenters. The second kappa shape index (κ2) is 7.40. The van der Waals surface area contributed by atoms with Crippen molar-refractivity contribution in [1.29, 1.82) is 0 Å². The molecule has 20 heavy (non-hydrogen) atoms. The number of nitrogens with one attached hydrogen (secondary N) is 2. The van der Waals surface area contributed by atoms with Crippen LogP contribution in [-0.2, 0) is 10.0 Å². The summed E-state index contributed by atoms with van der Waals surface area (Å²) in [7, 11) is -3.57. The van der Waals surface area contributed by atoms with Crippen molar-refractivity contribution in [3.63, 3.8) is 0 Å². The van der Waals surface area contributed by atoms with Crippen LogP contribution in [0.5, 0.6) is 0 Å². The Kier molecular flexibility index (Phi) is 6.16. The number of hydrogen-bond donors (Lipinski definition) is 2. The fraction of sp³-hybridized carbons (Fsp3) is 0.500. The van der Waals surface area contributed by atoms with Gasteiger partial charge in [0.2, 0.25) is 0 Å². The molecule has 0 radical (unpaired) electrons. The van der Waals surface area contributed by atoms with E-state index < -0.39 is 10.0 Å². The van der Waals surface area contributed by atoms with Crippen LogP contribution in [0.4, 0.5) is 0 Å².